The van der Waals surface area contributed by atoms with E-state index in [1.165, 1.54) is 33.7 Å². The maximum absolute atomic E-state index is 5.52. The molecule has 0 saturated carbocycles. The highest BCUT2D eigenvalue weighted by atomic mass is 16.5. The molecule has 33 heavy (non-hydrogen) atoms. The molecule has 1 aromatic carbocycles. The van der Waals surface area contributed by atoms with E-state index in [1.54, 1.807) is 14.2 Å². The molecule has 3 aliphatic rings. The maximum atomic E-state index is 5.52. The molecule has 0 saturated heterocycles. The highest BCUT2D eigenvalue weighted by molar-refractivity contribution is 6.16. The van der Waals surface area contributed by atoms with E-state index in [1.807, 2.05) is 12.3 Å². The van der Waals surface area contributed by atoms with Crippen molar-refractivity contribution in [3.05, 3.63) is 88.6 Å². The van der Waals surface area contributed by atoms with Crippen LogP contribution in [-0.4, -0.2) is 31.5 Å². The average Bonchev–Trinajstić information content (AvgIpc) is 3.17. The second-order valence-electron chi connectivity index (χ2n) is 8.73. The van der Waals surface area contributed by atoms with Gasteiger partial charge < -0.3 is 19.8 Å². The number of fused-ring (bicyclic) bond motifs is 2. The molecule has 2 aliphatic carbocycles. The zero-order valence-corrected chi connectivity index (χ0v) is 19.4. The van der Waals surface area contributed by atoms with Crippen molar-refractivity contribution in [2.75, 3.05) is 26.1 Å². The molecule has 0 fully saturated rings. The second-order valence-corrected chi connectivity index (χ2v) is 8.73. The van der Waals surface area contributed by atoms with Gasteiger partial charge in [-0.3, -0.25) is 4.99 Å². The van der Waals surface area contributed by atoms with E-state index in [4.69, 9.17) is 14.5 Å². The van der Waals surface area contributed by atoms with E-state index in [9.17, 15) is 0 Å². The van der Waals surface area contributed by atoms with Crippen LogP contribution in [-0.2, 0) is 17.6 Å². The van der Waals surface area contributed by atoms with Crippen LogP contribution < -0.4 is 10.1 Å². The van der Waals surface area contributed by atoms with Crippen LogP contribution in [0, 0.1) is 5.92 Å². The third-order valence-electron chi connectivity index (χ3n) is 6.56. The molecule has 2 heterocycles. The number of rotatable bonds is 7. The zero-order chi connectivity index (χ0) is 22.6. The summed E-state index contributed by atoms with van der Waals surface area (Å²) in [5, 5.41) is 3.64. The van der Waals surface area contributed by atoms with Crippen molar-refractivity contribution in [3.8, 4) is 5.75 Å². The van der Waals surface area contributed by atoms with Gasteiger partial charge in [0.2, 0.25) is 0 Å². The summed E-state index contributed by atoms with van der Waals surface area (Å²) < 4.78 is 10.8. The largest absolute Gasteiger partial charge is 0.497 e. The lowest BCUT2D eigenvalue weighted by molar-refractivity contribution is 0.202. The molecule has 1 atom stereocenters. The molecule has 0 amide bonds. The highest BCUT2D eigenvalue weighted by Gasteiger charge is 2.25. The van der Waals surface area contributed by atoms with Crippen molar-refractivity contribution >= 4 is 17.5 Å². The Hall–Kier alpha value is -3.31. The fourth-order valence-corrected chi connectivity index (χ4v) is 4.83. The number of methoxy groups -OCH3 is 2. The van der Waals surface area contributed by atoms with Crippen LogP contribution in [0.1, 0.15) is 41.6 Å². The lowest BCUT2D eigenvalue weighted by Gasteiger charge is -2.20. The summed E-state index contributed by atoms with van der Waals surface area (Å²) in [5.41, 5.74) is 9.69. The number of ether oxygens (including phenoxy) is 2. The summed E-state index contributed by atoms with van der Waals surface area (Å²) in [7, 11) is 3.44. The highest BCUT2D eigenvalue weighted by Crippen LogP contribution is 2.34. The Balaban J connectivity index is 1.38. The molecule has 170 valence electrons. The Labute approximate surface area is 195 Å². The van der Waals surface area contributed by atoms with E-state index in [0.717, 1.165) is 49.3 Å². The fraction of sp³-hybridized carbons (Fsp3) is 0.321. The minimum atomic E-state index is 0.345. The van der Waals surface area contributed by atoms with Gasteiger partial charge in [-0.15, -0.1) is 0 Å². The third-order valence-corrected chi connectivity index (χ3v) is 6.56. The van der Waals surface area contributed by atoms with Gasteiger partial charge in [-0.05, 0) is 49.0 Å². The average molecular weight is 442 g/mol. The van der Waals surface area contributed by atoms with Crippen LogP contribution in [0.25, 0.3) is 6.08 Å². The molecule has 0 bridgehead atoms. The number of aromatic nitrogens is 1. The number of nitrogens with zero attached hydrogens (tertiary/aromatic N) is 1. The molecule has 2 N–H and O–H groups in total. The van der Waals surface area contributed by atoms with E-state index < -0.39 is 0 Å². The summed E-state index contributed by atoms with van der Waals surface area (Å²) >= 11 is 0. The van der Waals surface area contributed by atoms with Crippen LogP contribution >= 0.6 is 0 Å². The standard InChI is InChI=1S/C28H31N3O2/c1-32-14-12-19-15-22(17-23(16-19)33-2)31-21-8-7-20-11-13-29-28(24(20)10-9-21)26-18-30-27-6-4-3-5-25(26)27/h3,5,8,10-11,13,15-18,20,30-31H,4,6-7,9,12,14H2,1-2H3. The Morgan fingerprint density at radius 3 is 3.00 bits per heavy atom. The van der Waals surface area contributed by atoms with Gasteiger partial charge in [0, 0.05) is 66.1 Å². The minimum Gasteiger partial charge on any atom is -0.497 e. The summed E-state index contributed by atoms with van der Waals surface area (Å²) in [6.07, 6.45) is 20.3. The lowest BCUT2D eigenvalue weighted by atomic mass is 9.86. The summed E-state index contributed by atoms with van der Waals surface area (Å²) in [5.74, 6) is 1.20. The van der Waals surface area contributed by atoms with Crippen LogP contribution in [0.4, 0.5) is 5.69 Å². The number of H-pyrrole nitrogens is 1. The van der Waals surface area contributed by atoms with Gasteiger partial charge in [-0.25, -0.2) is 0 Å². The van der Waals surface area contributed by atoms with Crippen molar-refractivity contribution in [1.29, 1.82) is 0 Å². The van der Waals surface area contributed by atoms with Gasteiger partial charge in [0.05, 0.1) is 19.4 Å². The van der Waals surface area contributed by atoms with Gasteiger partial charge >= 0.3 is 0 Å². The van der Waals surface area contributed by atoms with Crippen molar-refractivity contribution in [2.24, 2.45) is 10.9 Å². The number of nitrogens with one attached hydrogen (secondary N) is 2. The first-order chi connectivity index (χ1) is 16.2. The lowest BCUT2D eigenvalue weighted by Crippen LogP contribution is -2.15. The summed E-state index contributed by atoms with van der Waals surface area (Å²) in [6, 6.07) is 6.30. The first-order valence-corrected chi connectivity index (χ1v) is 11.7. The number of aliphatic imine (C=N–C) groups is 1. The topological polar surface area (TPSA) is 58.6 Å². The minimum absolute atomic E-state index is 0.345. The van der Waals surface area contributed by atoms with E-state index >= 15 is 0 Å². The molecule has 5 rings (SSSR count). The summed E-state index contributed by atoms with van der Waals surface area (Å²) in [6.45, 7) is 0.690. The number of anilines is 1. The van der Waals surface area contributed by atoms with Crippen molar-refractivity contribution < 1.29 is 9.47 Å². The molecular weight excluding hydrogens is 410 g/mol. The van der Waals surface area contributed by atoms with Crippen molar-refractivity contribution in [3.63, 3.8) is 0 Å². The molecule has 1 aromatic heterocycles. The maximum Gasteiger partial charge on any atom is 0.121 e. The predicted molar refractivity (Wildman–Crippen MR) is 135 cm³/mol. The molecule has 5 nitrogen and oxygen atoms in total. The molecule has 0 spiro atoms. The van der Waals surface area contributed by atoms with Crippen LogP contribution in [0.5, 0.6) is 5.75 Å². The van der Waals surface area contributed by atoms with Gasteiger partial charge in [-0.2, -0.15) is 0 Å². The molecule has 5 heteroatoms. The van der Waals surface area contributed by atoms with Gasteiger partial charge in [0.1, 0.15) is 5.75 Å². The number of aryl methyl sites for hydroxylation is 1. The van der Waals surface area contributed by atoms with E-state index in [-0.39, 0.29) is 0 Å². The molecule has 0 radical (unpaired) electrons. The zero-order valence-electron chi connectivity index (χ0n) is 19.4. The number of allylic oxidation sites excluding steroid dienone is 5. The predicted octanol–water partition coefficient (Wildman–Crippen LogP) is 5.82. The van der Waals surface area contributed by atoms with Crippen LogP contribution in [0.2, 0.25) is 0 Å². The molecule has 2 aromatic rings. The monoisotopic (exact) mass is 441 g/mol. The van der Waals surface area contributed by atoms with Crippen LogP contribution in [0.3, 0.4) is 0 Å². The second kappa shape index (κ2) is 9.67. The number of aromatic amines is 1. The number of hydrogen-bond donors (Lipinski definition) is 2. The Bertz CT molecular complexity index is 1180. The van der Waals surface area contributed by atoms with Gasteiger partial charge in [0.25, 0.3) is 0 Å². The normalized spacial score (nSPS) is 19.1. The van der Waals surface area contributed by atoms with Crippen molar-refractivity contribution in [2.45, 2.75) is 32.1 Å². The quantitative estimate of drug-likeness (QED) is 0.569. The first-order valence-electron chi connectivity index (χ1n) is 11.7. The Morgan fingerprint density at radius 2 is 2.12 bits per heavy atom. The fourth-order valence-electron chi connectivity index (χ4n) is 4.83. The molecular formula is C28H31N3O2. The Morgan fingerprint density at radius 1 is 1.18 bits per heavy atom. The molecule has 1 unspecified atom stereocenters. The SMILES string of the molecule is COCCc1cc(NC2=CCC3C=CN=C(c4c[nH]c5c4C=CCC5)C3=CC2)cc(OC)c1. The number of benzene rings is 1. The third kappa shape index (κ3) is 4.60. The number of hydrogen-bond acceptors (Lipinski definition) is 4. The smallest absolute Gasteiger partial charge is 0.121 e. The molecule has 1 aliphatic heterocycles. The van der Waals surface area contributed by atoms with Crippen LogP contribution in [0.15, 0.2) is 71.2 Å². The van der Waals surface area contributed by atoms with Gasteiger partial charge in [0.15, 0.2) is 0 Å². The van der Waals surface area contributed by atoms with Crippen molar-refractivity contribution in [1.82, 2.24) is 4.98 Å². The van der Waals surface area contributed by atoms with E-state index in [0.29, 0.717) is 12.5 Å². The first kappa shape index (κ1) is 21.5. The van der Waals surface area contributed by atoms with Gasteiger partial charge in [-0.1, -0.05) is 30.4 Å². The summed E-state index contributed by atoms with van der Waals surface area (Å²) in [4.78, 5) is 8.30. The Kier molecular flexibility index (Phi) is 6.31. The van der Waals surface area contributed by atoms with E-state index in [2.05, 4.69) is 59.0 Å².